The molecular formula is C14H19N3S. The summed E-state index contributed by atoms with van der Waals surface area (Å²) in [5.41, 5.74) is 2.14. The summed E-state index contributed by atoms with van der Waals surface area (Å²) in [5.74, 6) is 0.906. The lowest BCUT2D eigenvalue weighted by atomic mass is 10.3. The molecule has 0 aliphatic rings. The fraction of sp³-hybridized carbons (Fsp3) is 0.357. The van der Waals surface area contributed by atoms with Crippen LogP contribution in [0.2, 0.25) is 0 Å². The Morgan fingerprint density at radius 1 is 1.28 bits per heavy atom. The molecule has 0 atom stereocenters. The van der Waals surface area contributed by atoms with Crippen molar-refractivity contribution in [2.75, 3.05) is 11.6 Å². The smallest absolute Gasteiger partial charge is 0.207 e. The summed E-state index contributed by atoms with van der Waals surface area (Å²) in [7, 11) is 0. The monoisotopic (exact) mass is 261 g/mol. The van der Waals surface area contributed by atoms with Crippen LogP contribution in [0, 0.1) is 6.92 Å². The first kappa shape index (κ1) is 13.0. The number of nitrogens with zero attached hydrogens (tertiary/aromatic N) is 2. The zero-order valence-electron chi connectivity index (χ0n) is 11.3. The molecule has 2 rings (SSSR count). The summed E-state index contributed by atoms with van der Waals surface area (Å²) in [6, 6.07) is 8.69. The van der Waals surface area contributed by atoms with Crippen molar-refractivity contribution in [3.05, 3.63) is 36.2 Å². The fourth-order valence-electron chi connectivity index (χ4n) is 1.87. The van der Waals surface area contributed by atoms with E-state index in [1.54, 1.807) is 11.8 Å². The molecule has 1 heterocycles. The molecule has 0 saturated heterocycles. The average Bonchev–Trinajstić information content (AvgIpc) is 2.71. The van der Waals surface area contributed by atoms with Crippen LogP contribution in [0.25, 0.3) is 0 Å². The van der Waals surface area contributed by atoms with E-state index >= 15 is 0 Å². The minimum absolute atomic E-state index is 0.398. The van der Waals surface area contributed by atoms with E-state index in [0.717, 1.165) is 17.3 Å². The summed E-state index contributed by atoms with van der Waals surface area (Å²) in [6.45, 7) is 6.34. The van der Waals surface area contributed by atoms with Gasteiger partial charge in [0.05, 0.1) is 11.4 Å². The standard InChI is InChI=1S/C14H19N3S/c1-10(2)17-9-11(3)15-14(17)16-12-7-5-6-8-13(12)18-4/h5-10H,1-4H3,(H,15,16). The molecule has 2 aromatic rings. The van der Waals surface area contributed by atoms with Crippen molar-refractivity contribution in [2.24, 2.45) is 0 Å². The molecule has 0 saturated carbocycles. The van der Waals surface area contributed by atoms with Gasteiger partial charge in [0.15, 0.2) is 0 Å². The van der Waals surface area contributed by atoms with Crippen molar-refractivity contribution < 1.29 is 0 Å². The van der Waals surface area contributed by atoms with Crippen molar-refractivity contribution >= 4 is 23.4 Å². The van der Waals surface area contributed by atoms with Gasteiger partial charge in [-0.3, -0.25) is 0 Å². The number of aromatic nitrogens is 2. The first-order valence-corrected chi connectivity index (χ1v) is 7.30. The highest BCUT2D eigenvalue weighted by Crippen LogP contribution is 2.28. The molecule has 0 fully saturated rings. The number of benzene rings is 1. The maximum atomic E-state index is 4.55. The predicted octanol–water partition coefficient (Wildman–Crippen LogP) is 4.24. The lowest BCUT2D eigenvalue weighted by Crippen LogP contribution is -2.05. The molecule has 4 heteroatoms. The fourth-order valence-corrected chi connectivity index (χ4v) is 2.42. The van der Waals surface area contributed by atoms with Crippen LogP contribution in [0.15, 0.2) is 35.4 Å². The molecule has 1 aromatic heterocycles. The Balaban J connectivity index is 2.33. The third kappa shape index (κ3) is 2.70. The van der Waals surface area contributed by atoms with Crippen molar-refractivity contribution in [2.45, 2.75) is 31.7 Å². The Bertz CT molecular complexity index is 532. The zero-order valence-corrected chi connectivity index (χ0v) is 12.1. The Labute approximate surface area is 113 Å². The Morgan fingerprint density at radius 3 is 2.67 bits per heavy atom. The number of anilines is 2. The third-order valence-electron chi connectivity index (χ3n) is 2.76. The molecule has 0 aliphatic heterocycles. The second kappa shape index (κ2) is 5.48. The Hall–Kier alpha value is -1.42. The number of imidazole rings is 1. The van der Waals surface area contributed by atoms with E-state index in [1.165, 1.54) is 4.90 Å². The van der Waals surface area contributed by atoms with Gasteiger partial charge in [-0.15, -0.1) is 11.8 Å². The quantitative estimate of drug-likeness (QED) is 0.835. The topological polar surface area (TPSA) is 29.9 Å². The Kier molecular flexibility index (Phi) is 3.97. The maximum Gasteiger partial charge on any atom is 0.207 e. The van der Waals surface area contributed by atoms with E-state index in [1.807, 2.05) is 13.0 Å². The van der Waals surface area contributed by atoms with Gasteiger partial charge in [-0.05, 0) is 39.2 Å². The minimum Gasteiger partial charge on any atom is -0.325 e. The second-order valence-corrected chi connectivity index (χ2v) is 5.38. The first-order chi connectivity index (χ1) is 8.61. The minimum atomic E-state index is 0.398. The van der Waals surface area contributed by atoms with Crippen LogP contribution in [-0.2, 0) is 0 Å². The molecule has 18 heavy (non-hydrogen) atoms. The van der Waals surface area contributed by atoms with E-state index < -0.39 is 0 Å². The van der Waals surface area contributed by atoms with Crippen molar-refractivity contribution in [1.29, 1.82) is 0 Å². The highest BCUT2D eigenvalue weighted by atomic mass is 32.2. The lowest BCUT2D eigenvalue weighted by Gasteiger charge is -2.14. The van der Waals surface area contributed by atoms with Crippen molar-refractivity contribution in [3.8, 4) is 0 Å². The van der Waals surface area contributed by atoms with Gasteiger partial charge in [-0.1, -0.05) is 12.1 Å². The van der Waals surface area contributed by atoms with Gasteiger partial charge in [0.1, 0.15) is 0 Å². The van der Waals surface area contributed by atoms with Gasteiger partial charge < -0.3 is 9.88 Å². The van der Waals surface area contributed by atoms with Crippen LogP contribution in [0.3, 0.4) is 0 Å². The van der Waals surface area contributed by atoms with Crippen LogP contribution >= 0.6 is 11.8 Å². The maximum absolute atomic E-state index is 4.55. The molecule has 96 valence electrons. The van der Waals surface area contributed by atoms with Crippen LogP contribution < -0.4 is 5.32 Å². The zero-order chi connectivity index (χ0) is 13.1. The lowest BCUT2D eigenvalue weighted by molar-refractivity contribution is 0.607. The highest BCUT2D eigenvalue weighted by Gasteiger charge is 2.10. The normalized spacial score (nSPS) is 10.9. The van der Waals surface area contributed by atoms with E-state index in [-0.39, 0.29) is 0 Å². The number of thioether (sulfide) groups is 1. The molecule has 0 unspecified atom stereocenters. The van der Waals surface area contributed by atoms with Gasteiger partial charge in [-0.25, -0.2) is 4.98 Å². The second-order valence-electron chi connectivity index (χ2n) is 4.53. The number of hydrogen-bond donors (Lipinski definition) is 1. The van der Waals surface area contributed by atoms with E-state index in [2.05, 4.69) is 59.4 Å². The number of aryl methyl sites for hydroxylation is 1. The van der Waals surface area contributed by atoms with Crippen molar-refractivity contribution in [1.82, 2.24) is 9.55 Å². The molecule has 0 spiro atoms. The SMILES string of the molecule is CSc1ccccc1Nc1nc(C)cn1C(C)C. The molecule has 0 radical (unpaired) electrons. The molecule has 0 aliphatic carbocycles. The Morgan fingerprint density at radius 2 is 2.00 bits per heavy atom. The number of hydrogen-bond acceptors (Lipinski definition) is 3. The molecule has 3 nitrogen and oxygen atoms in total. The molecule has 1 aromatic carbocycles. The van der Waals surface area contributed by atoms with Crippen molar-refractivity contribution in [3.63, 3.8) is 0 Å². The van der Waals surface area contributed by atoms with Gasteiger partial charge >= 0.3 is 0 Å². The van der Waals surface area contributed by atoms with E-state index in [4.69, 9.17) is 0 Å². The number of nitrogens with one attached hydrogen (secondary N) is 1. The summed E-state index contributed by atoms with van der Waals surface area (Å²) in [5, 5.41) is 3.43. The van der Waals surface area contributed by atoms with Gasteiger partial charge in [0.25, 0.3) is 0 Å². The highest BCUT2D eigenvalue weighted by molar-refractivity contribution is 7.98. The third-order valence-corrected chi connectivity index (χ3v) is 3.56. The van der Waals surface area contributed by atoms with E-state index in [9.17, 15) is 0 Å². The van der Waals surface area contributed by atoms with Gasteiger partial charge in [0.2, 0.25) is 5.95 Å². The largest absolute Gasteiger partial charge is 0.325 e. The van der Waals surface area contributed by atoms with Gasteiger partial charge in [0, 0.05) is 17.1 Å². The number of para-hydroxylation sites is 1. The summed E-state index contributed by atoms with van der Waals surface area (Å²) in [6.07, 6.45) is 4.16. The molecule has 0 bridgehead atoms. The first-order valence-electron chi connectivity index (χ1n) is 6.07. The predicted molar refractivity (Wildman–Crippen MR) is 78.9 cm³/mol. The van der Waals surface area contributed by atoms with Crippen LogP contribution in [0.1, 0.15) is 25.6 Å². The van der Waals surface area contributed by atoms with Crippen LogP contribution in [0.4, 0.5) is 11.6 Å². The van der Waals surface area contributed by atoms with Crippen LogP contribution in [0.5, 0.6) is 0 Å². The average molecular weight is 261 g/mol. The summed E-state index contributed by atoms with van der Waals surface area (Å²) >= 11 is 1.74. The molecular weight excluding hydrogens is 242 g/mol. The molecule has 1 N–H and O–H groups in total. The van der Waals surface area contributed by atoms with E-state index in [0.29, 0.717) is 6.04 Å². The number of rotatable bonds is 4. The summed E-state index contributed by atoms with van der Waals surface area (Å²) in [4.78, 5) is 5.78. The molecule has 0 amide bonds. The van der Waals surface area contributed by atoms with Crippen LogP contribution in [-0.4, -0.2) is 15.8 Å². The van der Waals surface area contributed by atoms with Gasteiger partial charge in [-0.2, -0.15) is 0 Å². The summed E-state index contributed by atoms with van der Waals surface area (Å²) < 4.78 is 2.16.